The van der Waals surface area contributed by atoms with Crippen molar-refractivity contribution in [2.75, 3.05) is 5.32 Å². The van der Waals surface area contributed by atoms with E-state index in [0.717, 1.165) is 11.3 Å². The number of anilines is 1. The van der Waals surface area contributed by atoms with Crippen LogP contribution < -0.4 is 5.32 Å². The van der Waals surface area contributed by atoms with E-state index in [2.05, 4.69) is 5.32 Å². The number of benzene rings is 1. The Morgan fingerprint density at radius 2 is 1.90 bits per heavy atom. The number of hydrogen-bond donors (Lipinski definition) is 2. The minimum Gasteiger partial charge on any atom is -0.481 e. The Kier molecular flexibility index (Phi) is 3.95. The molecule has 2 atom stereocenters. The van der Waals surface area contributed by atoms with Crippen LogP contribution in [0.15, 0.2) is 24.3 Å². The van der Waals surface area contributed by atoms with Gasteiger partial charge in [-0.1, -0.05) is 25.0 Å². The SMILES string of the molecule is O=C(O)CCc1cccc(NC(=O)C2C3CCCCC32)c1. The van der Waals surface area contributed by atoms with Gasteiger partial charge in [-0.25, -0.2) is 0 Å². The van der Waals surface area contributed by atoms with Crippen LogP contribution in [0, 0.1) is 17.8 Å². The summed E-state index contributed by atoms with van der Waals surface area (Å²) in [5, 5.41) is 11.7. The first kappa shape index (κ1) is 14.1. The first-order valence-electron chi connectivity index (χ1n) is 7.77. The van der Waals surface area contributed by atoms with E-state index in [1.807, 2.05) is 24.3 Å². The highest BCUT2D eigenvalue weighted by Crippen LogP contribution is 2.55. The van der Waals surface area contributed by atoms with Crippen LogP contribution >= 0.6 is 0 Å². The van der Waals surface area contributed by atoms with E-state index in [-0.39, 0.29) is 18.2 Å². The van der Waals surface area contributed by atoms with E-state index in [0.29, 0.717) is 18.3 Å². The molecule has 2 saturated carbocycles. The summed E-state index contributed by atoms with van der Waals surface area (Å²) in [6.07, 6.45) is 5.52. The largest absolute Gasteiger partial charge is 0.481 e. The predicted molar refractivity (Wildman–Crippen MR) is 80.0 cm³/mol. The number of carbonyl (C=O) groups excluding carboxylic acids is 1. The van der Waals surface area contributed by atoms with Crippen molar-refractivity contribution in [1.82, 2.24) is 0 Å². The Labute approximate surface area is 124 Å². The van der Waals surface area contributed by atoms with Gasteiger partial charge in [0.25, 0.3) is 0 Å². The van der Waals surface area contributed by atoms with Gasteiger partial charge in [0.05, 0.1) is 0 Å². The van der Waals surface area contributed by atoms with Crippen LogP contribution in [0.5, 0.6) is 0 Å². The Morgan fingerprint density at radius 3 is 2.57 bits per heavy atom. The van der Waals surface area contributed by atoms with Crippen LogP contribution in [0.25, 0.3) is 0 Å². The minimum absolute atomic E-state index is 0.115. The van der Waals surface area contributed by atoms with E-state index < -0.39 is 5.97 Å². The quantitative estimate of drug-likeness (QED) is 0.874. The van der Waals surface area contributed by atoms with Crippen LogP contribution in [0.2, 0.25) is 0 Å². The number of carboxylic acid groups (broad SMARTS) is 1. The second-order valence-electron chi connectivity index (χ2n) is 6.22. The highest BCUT2D eigenvalue weighted by molar-refractivity contribution is 5.95. The summed E-state index contributed by atoms with van der Waals surface area (Å²) >= 11 is 0. The molecule has 0 aromatic heterocycles. The molecule has 1 amide bonds. The molecule has 0 aliphatic heterocycles. The number of aliphatic carboxylic acids is 1. The molecule has 1 aromatic carbocycles. The van der Waals surface area contributed by atoms with Gasteiger partial charge in [-0.05, 0) is 48.8 Å². The predicted octanol–water partition coefficient (Wildman–Crippen LogP) is 3.08. The van der Waals surface area contributed by atoms with Gasteiger partial charge >= 0.3 is 5.97 Å². The summed E-state index contributed by atoms with van der Waals surface area (Å²) in [5.41, 5.74) is 1.73. The van der Waals surface area contributed by atoms with Crippen molar-refractivity contribution in [2.45, 2.75) is 38.5 Å². The summed E-state index contributed by atoms with van der Waals surface area (Å²) in [4.78, 5) is 22.9. The average molecular weight is 287 g/mol. The number of carbonyl (C=O) groups is 2. The smallest absolute Gasteiger partial charge is 0.303 e. The van der Waals surface area contributed by atoms with Gasteiger partial charge in [-0.15, -0.1) is 0 Å². The molecule has 0 radical (unpaired) electrons. The third kappa shape index (κ3) is 3.26. The number of hydrogen-bond acceptors (Lipinski definition) is 2. The third-order valence-corrected chi connectivity index (χ3v) is 4.78. The lowest BCUT2D eigenvalue weighted by Crippen LogP contribution is -2.15. The van der Waals surface area contributed by atoms with Gasteiger partial charge in [0, 0.05) is 18.0 Å². The molecular formula is C17H21NO3. The molecule has 4 heteroatoms. The highest BCUT2D eigenvalue weighted by atomic mass is 16.4. The van der Waals surface area contributed by atoms with E-state index >= 15 is 0 Å². The van der Waals surface area contributed by atoms with Crippen LogP contribution in [-0.4, -0.2) is 17.0 Å². The Balaban J connectivity index is 1.58. The van der Waals surface area contributed by atoms with Crippen LogP contribution in [-0.2, 0) is 16.0 Å². The number of rotatable bonds is 5. The van der Waals surface area contributed by atoms with Gasteiger partial charge < -0.3 is 10.4 Å². The number of carboxylic acids is 1. The highest BCUT2D eigenvalue weighted by Gasteiger charge is 2.54. The summed E-state index contributed by atoms with van der Waals surface area (Å²) in [6.45, 7) is 0. The van der Waals surface area contributed by atoms with Gasteiger partial charge in [-0.2, -0.15) is 0 Å². The standard InChI is InChI=1S/C17H21NO3/c19-15(20)9-8-11-4-3-5-12(10-11)18-17(21)16-13-6-1-2-7-14(13)16/h3-5,10,13-14,16H,1-2,6-9H2,(H,18,21)(H,19,20). The van der Waals surface area contributed by atoms with E-state index in [1.54, 1.807) is 0 Å². The summed E-state index contributed by atoms with van der Waals surface area (Å²) in [6, 6.07) is 7.52. The maximum absolute atomic E-state index is 12.3. The number of aryl methyl sites for hydroxylation is 1. The van der Waals surface area contributed by atoms with Crippen LogP contribution in [0.3, 0.4) is 0 Å². The molecule has 2 unspecified atom stereocenters. The minimum atomic E-state index is -0.800. The molecule has 0 heterocycles. The molecule has 0 saturated heterocycles. The molecule has 3 rings (SSSR count). The summed E-state index contributed by atoms with van der Waals surface area (Å²) < 4.78 is 0. The molecule has 2 fully saturated rings. The first-order valence-corrected chi connectivity index (χ1v) is 7.77. The second kappa shape index (κ2) is 5.88. The second-order valence-corrected chi connectivity index (χ2v) is 6.22. The van der Waals surface area contributed by atoms with E-state index in [4.69, 9.17) is 5.11 Å². The lowest BCUT2D eigenvalue weighted by atomic mass is 10.0. The summed E-state index contributed by atoms with van der Waals surface area (Å²) in [5.74, 6) is 0.756. The van der Waals surface area contributed by atoms with Crippen molar-refractivity contribution in [3.63, 3.8) is 0 Å². The van der Waals surface area contributed by atoms with Crippen LogP contribution in [0.1, 0.15) is 37.7 Å². The monoisotopic (exact) mass is 287 g/mol. The molecule has 2 aliphatic carbocycles. The number of nitrogens with one attached hydrogen (secondary N) is 1. The zero-order valence-corrected chi connectivity index (χ0v) is 12.0. The maximum atomic E-state index is 12.3. The summed E-state index contributed by atoms with van der Waals surface area (Å²) in [7, 11) is 0. The lowest BCUT2D eigenvalue weighted by molar-refractivity contribution is -0.137. The maximum Gasteiger partial charge on any atom is 0.303 e. The topological polar surface area (TPSA) is 66.4 Å². The fraction of sp³-hybridized carbons (Fsp3) is 0.529. The molecule has 0 spiro atoms. The van der Waals surface area contributed by atoms with Gasteiger partial charge in [0.2, 0.25) is 5.91 Å². The zero-order chi connectivity index (χ0) is 14.8. The van der Waals surface area contributed by atoms with Gasteiger partial charge in [0.15, 0.2) is 0 Å². The number of amides is 1. The van der Waals surface area contributed by atoms with Gasteiger partial charge in [-0.3, -0.25) is 9.59 Å². The molecular weight excluding hydrogens is 266 g/mol. The fourth-order valence-corrected chi connectivity index (χ4v) is 3.66. The van der Waals surface area contributed by atoms with Crippen molar-refractivity contribution >= 4 is 17.6 Å². The molecule has 21 heavy (non-hydrogen) atoms. The van der Waals surface area contributed by atoms with Gasteiger partial charge in [0.1, 0.15) is 0 Å². The third-order valence-electron chi connectivity index (χ3n) is 4.78. The normalized spacial score (nSPS) is 26.8. The lowest BCUT2D eigenvalue weighted by Gasteiger charge is -2.07. The Morgan fingerprint density at radius 1 is 1.19 bits per heavy atom. The molecule has 2 N–H and O–H groups in total. The van der Waals surface area contributed by atoms with E-state index in [1.165, 1.54) is 25.7 Å². The zero-order valence-electron chi connectivity index (χ0n) is 12.0. The Bertz CT molecular complexity index is 543. The van der Waals surface area contributed by atoms with Crippen molar-refractivity contribution in [1.29, 1.82) is 0 Å². The average Bonchev–Trinajstić information content (AvgIpc) is 3.20. The molecule has 4 nitrogen and oxygen atoms in total. The van der Waals surface area contributed by atoms with Crippen molar-refractivity contribution in [2.24, 2.45) is 17.8 Å². The first-order chi connectivity index (χ1) is 10.1. The van der Waals surface area contributed by atoms with Crippen molar-refractivity contribution in [3.8, 4) is 0 Å². The molecule has 112 valence electrons. The number of fused-ring (bicyclic) bond motifs is 1. The van der Waals surface area contributed by atoms with Crippen LogP contribution in [0.4, 0.5) is 5.69 Å². The van der Waals surface area contributed by atoms with Crippen molar-refractivity contribution in [3.05, 3.63) is 29.8 Å². The molecule has 2 aliphatic rings. The fourth-order valence-electron chi connectivity index (χ4n) is 3.66. The Hall–Kier alpha value is -1.84. The van der Waals surface area contributed by atoms with Crippen molar-refractivity contribution < 1.29 is 14.7 Å². The molecule has 1 aromatic rings. The molecule has 0 bridgehead atoms. The van der Waals surface area contributed by atoms with E-state index in [9.17, 15) is 9.59 Å².